The molecule has 228 valence electrons. The van der Waals surface area contributed by atoms with Gasteiger partial charge in [0, 0.05) is 60.4 Å². The van der Waals surface area contributed by atoms with E-state index in [9.17, 15) is 0 Å². The second kappa shape index (κ2) is 12.5. The Morgan fingerprint density at radius 1 is 0.682 bits per heavy atom. The molecule has 7 rings (SSSR count). The molecule has 44 heavy (non-hydrogen) atoms. The molecule has 0 saturated carbocycles. The molecule has 0 amide bonds. The molecule has 4 aromatic heterocycles. The topological polar surface area (TPSA) is 79.9 Å². The Hall–Kier alpha value is -4.05. The van der Waals surface area contributed by atoms with Gasteiger partial charge < -0.3 is 9.31 Å². The van der Waals surface area contributed by atoms with Crippen LogP contribution in [0.1, 0.15) is 42.5 Å². The first-order valence-electron chi connectivity index (χ1n) is 13.8. The van der Waals surface area contributed by atoms with Crippen molar-refractivity contribution in [3.8, 4) is 22.5 Å². The summed E-state index contributed by atoms with van der Waals surface area (Å²) in [6.45, 7) is 8.27. The fourth-order valence-electron chi connectivity index (χ4n) is 4.93. The number of pyridine rings is 2. The Morgan fingerprint density at radius 2 is 1.16 bits per heavy atom. The number of hydrogen-bond donors (Lipinski definition) is 0. The normalized spacial score (nSPS) is 14.9. The van der Waals surface area contributed by atoms with E-state index in [4.69, 9.17) is 20.9 Å². The van der Waals surface area contributed by atoms with Gasteiger partial charge >= 0.3 is 7.12 Å². The molecule has 0 atom stereocenters. The van der Waals surface area contributed by atoms with E-state index in [0.29, 0.717) is 0 Å². The van der Waals surface area contributed by atoms with Gasteiger partial charge in [-0.25, -0.2) is 0 Å². The maximum atomic E-state index is 6.21. The molecule has 8 nitrogen and oxygen atoms in total. The van der Waals surface area contributed by atoms with Gasteiger partial charge in [0.15, 0.2) is 0 Å². The van der Waals surface area contributed by atoms with Gasteiger partial charge in [-0.2, -0.15) is 10.2 Å². The molecule has 1 aliphatic rings. The average Bonchev–Trinajstić information content (AvgIpc) is 3.65. The van der Waals surface area contributed by atoms with Gasteiger partial charge in [0.25, 0.3) is 0 Å². The van der Waals surface area contributed by atoms with Crippen molar-refractivity contribution < 1.29 is 9.31 Å². The van der Waals surface area contributed by atoms with E-state index in [0.717, 1.165) is 54.5 Å². The number of fused-ring (bicyclic) bond motifs is 2. The van der Waals surface area contributed by atoms with Crippen molar-refractivity contribution in [3.05, 3.63) is 90.7 Å². The van der Waals surface area contributed by atoms with Crippen LogP contribution >= 0.6 is 11.6 Å². The molecule has 6 aromatic rings. The zero-order valence-electron chi connectivity index (χ0n) is 24.5. The second-order valence-electron chi connectivity index (χ2n) is 11.6. The summed E-state index contributed by atoms with van der Waals surface area (Å²) in [5.74, 6) is 0. The molecule has 1 aliphatic heterocycles. The van der Waals surface area contributed by atoms with Crippen molar-refractivity contribution in [3.63, 3.8) is 0 Å². The lowest BCUT2D eigenvalue weighted by atomic mass is 9.76. The minimum atomic E-state index is -0.389. The third-order valence-corrected chi connectivity index (χ3v) is 8.35. The highest BCUT2D eigenvalue weighted by atomic mass is 35.5. The van der Waals surface area contributed by atoms with E-state index in [2.05, 4.69) is 66.1 Å². The van der Waals surface area contributed by atoms with Crippen molar-refractivity contribution in [2.45, 2.75) is 53.8 Å². The van der Waals surface area contributed by atoms with Crippen LogP contribution in [0.4, 0.5) is 0 Å². The summed E-state index contributed by atoms with van der Waals surface area (Å²) in [5.41, 5.74) is 4.13. The molecule has 0 unspecified atom stereocenters. The molecule has 0 bridgehead atoms. The van der Waals surface area contributed by atoms with E-state index in [1.54, 1.807) is 21.8 Å². The number of aromatic nitrogens is 6. The Bertz CT molecular complexity index is 1900. The van der Waals surface area contributed by atoms with Crippen LogP contribution in [0.25, 0.3) is 44.1 Å². The number of nitrogens with zero attached hydrogens (tertiary/aromatic N) is 6. The molecular formula is C34H40BClN6O2. The Kier molecular flexibility index (Phi) is 9.35. The molecule has 2 aromatic carbocycles. The van der Waals surface area contributed by atoms with Gasteiger partial charge in [0.05, 0.1) is 35.0 Å². The van der Waals surface area contributed by atoms with E-state index >= 15 is 0 Å². The van der Waals surface area contributed by atoms with Crippen molar-refractivity contribution in [2.24, 2.45) is 14.1 Å². The Morgan fingerprint density at radius 3 is 1.66 bits per heavy atom. The smallest absolute Gasteiger partial charge is 0.399 e. The molecule has 0 radical (unpaired) electrons. The van der Waals surface area contributed by atoms with Crippen LogP contribution in [0.3, 0.4) is 0 Å². The predicted octanol–water partition coefficient (Wildman–Crippen LogP) is 7.50. The van der Waals surface area contributed by atoms with Gasteiger partial charge in [-0.3, -0.25) is 19.3 Å². The van der Waals surface area contributed by atoms with Crippen molar-refractivity contribution in [1.29, 1.82) is 0 Å². The van der Waals surface area contributed by atoms with E-state index in [1.807, 2.05) is 69.2 Å². The Balaban J connectivity index is 0.000000205. The summed E-state index contributed by atoms with van der Waals surface area (Å²) in [6, 6.07) is 16.1. The van der Waals surface area contributed by atoms with Crippen molar-refractivity contribution >= 4 is 45.7 Å². The minimum Gasteiger partial charge on any atom is -0.399 e. The summed E-state index contributed by atoms with van der Waals surface area (Å²) in [6.07, 6.45) is 11.2. The maximum absolute atomic E-state index is 6.21. The zero-order chi connectivity index (χ0) is 29.6. The third kappa shape index (κ3) is 6.27. The van der Waals surface area contributed by atoms with Crippen LogP contribution < -0.4 is 5.46 Å². The van der Waals surface area contributed by atoms with E-state index in [-0.39, 0.29) is 33.2 Å². The quantitative estimate of drug-likeness (QED) is 0.193. The lowest BCUT2D eigenvalue weighted by Crippen LogP contribution is -2.41. The highest BCUT2D eigenvalue weighted by Crippen LogP contribution is 2.37. The van der Waals surface area contributed by atoms with Crippen LogP contribution in [0.5, 0.6) is 0 Å². The first-order chi connectivity index (χ1) is 20.0. The molecule has 1 saturated heterocycles. The van der Waals surface area contributed by atoms with Crippen LogP contribution in [-0.4, -0.2) is 47.8 Å². The summed E-state index contributed by atoms with van der Waals surface area (Å²) in [7, 11) is 3.40. The monoisotopic (exact) mass is 610 g/mol. The molecule has 0 aliphatic carbocycles. The fourth-order valence-corrected chi connectivity index (χ4v) is 5.16. The highest BCUT2D eigenvalue weighted by molar-refractivity contribution is 6.65. The molecule has 0 spiro atoms. The minimum absolute atomic E-state index is 0. The lowest BCUT2D eigenvalue weighted by molar-refractivity contribution is 0.00578. The van der Waals surface area contributed by atoms with Gasteiger partial charge in [-0.05, 0) is 67.5 Å². The Labute approximate surface area is 265 Å². The summed E-state index contributed by atoms with van der Waals surface area (Å²) < 4.78 is 16.0. The SMILES string of the molecule is C.C.Cn1cc(-c2cc3cccc(B4OC(C)(C)C(C)(C)O4)c3cn2)cn1.Cn1cc(-c2cc3cccc(Cl)c3cn2)cn1. The largest absolute Gasteiger partial charge is 0.495 e. The third-order valence-electron chi connectivity index (χ3n) is 8.02. The van der Waals surface area contributed by atoms with E-state index in [1.165, 1.54) is 0 Å². The van der Waals surface area contributed by atoms with Crippen LogP contribution in [-0.2, 0) is 23.4 Å². The maximum Gasteiger partial charge on any atom is 0.495 e. The van der Waals surface area contributed by atoms with Gasteiger partial charge in [0.1, 0.15) is 0 Å². The highest BCUT2D eigenvalue weighted by Gasteiger charge is 2.52. The average molecular weight is 611 g/mol. The predicted molar refractivity (Wildman–Crippen MR) is 182 cm³/mol. The van der Waals surface area contributed by atoms with Crippen LogP contribution in [0.2, 0.25) is 5.02 Å². The fraction of sp³-hybridized carbons (Fsp3) is 0.294. The molecule has 5 heterocycles. The lowest BCUT2D eigenvalue weighted by Gasteiger charge is -2.32. The standard InChI is InChI=1S/C19H22BN3O2.C13H10ClN3.2CH4/c1-18(2)19(3,4)25-20(24-18)16-8-6-7-13-9-17(21-11-15(13)16)14-10-22-23(5)12-14;1-17-8-10(6-16-17)13-5-9-3-2-4-12(14)11(9)7-15-13;;/h6-12H,1-5H3;2-8H,1H3;2*1H4. The zero-order valence-corrected chi connectivity index (χ0v) is 25.3. The van der Waals surface area contributed by atoms with Crippen molar-refractivity contribution in [2.75, 3.05) is 0 Å². The number of benzene rings is 2. The number of hydrogen-bond acceptors (Lipinski definition) is 6. The molecule has 1 fully saturated rings. The molecular weight excluding hydrogens is 571 g/mol. The summed E-state index contributed by atoms with van der Waals surface area (Å²) >= 11 is 6.10. The van der Waals surface area contributed by atoms with Crippen LogP contribution in [0.15, 0.2) is 85.7 Å². The van der Waals surface area contributed by atoms with Gasteiger partial charge in [-0.15, -0.1) is 0 Å². The molecule has 10 heteroatoms. The van der Waals surface area contributed by atoms with Gasteiger partial charge in [0.2, 0.25) is 0 Å². The first kappa shape index (κ1) is 32.9. The van der Waals surface area contributed by atoms with Crippen molar-refractivity contribution in [1.82, 2.24) is 29.5 Å². The number of halogens is 1. The summed E-state index contributed by atoms with van der Waals surface area (Å²) in [4.78, 5) is 9.04. The van der Waals surface area contributed by atoms with Gasteiger partial charge in [-0.1, -0.05) is 56.8 Å². The van der Waals surface area contributed by atoms with Crippen LogP contribution in [0, 0.1) is 0 Å². The summed E-state index contributed by atoms with van der Waals surface area (Å²) in [5, 5.41) is 13.3. The number of aryl methyl sites for hydroxylation is 2. The molecule has 0 N–H and O–H groups in total. The van der Waals surface area contributed by atoms with E-state index < -0.39 is 0 Å². The second-order valence-corrected chi connectivity index (χ2v) is 12.0. The first-order valence-corrected chi connectivity index (χ1v) is 14.2. The number of rotatable bonds is 3.